The predicted octanol–water partition coefficient (Wildman–Crippen LogP) is 6.85. The fourth-order valence-electron chi connectivity index (χ4n) is 7.32. The van der Waals surface area contributed by atoms with Crippen LogP contribution in [0.15, 0.2) is 48.8 Å². The number of esters is 1. The second-order valence-electron chi connectivity index (χ2n) is 12.8. The summed E-state index contributed by atoms with van der Waals surface area (Å²) in [7, 11) is 3.07. The monoisotopic (exact) mass is 584 g/mol. The highest BCUT2D eigenvalue weighted by Crippen LogP contribution is 2.44. The minimum atomic E-state index is -1.12. The Bertz CT molecular complexity index is 1450. The Balaban J connectivity index is 1.27. The molecule has 3 aliphatic carbocycles. The highest BCUT2D eigenvalue weighted by atomic mass is 16.5. The fourth-order valence-corrected chi connectivity index (χ4v) is 7.32. The molecule has 1 atom stereocenters. The highest BCUT2D eigenvalue weighted by Gasteiger charge is 2.48. The standard InChI is InChI=1S/C35H44N4O4/c1-23-31(42-2)17-16-30(37-23)24-10-12-25(13-11-24)32(38-33(40)35(34(41)43-3)18-5-4-6-19-35)27-9-7-8-26(20-27)28-21-36-39(22-28)29-14-15-29/h7-9,16-17,20-22,24-25,29,32H,4-6,10-15,18-19H2,1-3H3,(H,38,40). The molecule has 3 saturated carbocycles. The first-order valence-electron chi connectivity index (χ1n) is 16.0. The molecule has 0 aliphatic heterocycles. The molecule has 8 heteroatoms. The molecule has 2 aromatic heterocycles. The van der Waals surface area contributed by atoms with Gasteiger partial charge in [0.2, 0.25) is 5.91 Å². The van der Waals surface area contributed by atoms with Crippen molar-refractivity contribution in [1.29, 1.82) is 0 Å². The van der Waals surface area contributed by atoms with Crippen LogP contribution >= 0.6 is 0 Å². The lowest BCUT2D eigenvalue weighted by molar-refractivity contribution is -0.161. The maximum absolute atomic E-state index is 14.1. The average Bonchev–Trinajstić information content (AvgIpc) is 3.79. The lowest BCUT2D eigenvalue weighted by Gasteiger charge is -2.38. The zero-order chi connectivity index (χ0) is 30.0. The molecule has 0 bridgehead atoms. The molecular weight excluding hydrogens is 540 g/mol. The smallest absolute Gasteiger partial charge is 0.321 e. The minimum Gasteiger partial charge on any atom is -0.495 e. The molecule has 8 nitrogen and oxygen atoms in total. The Labute approximate surface area is 254 Å². The van der Waals surface area contributed by atoms with Crippen LogP contribution < -0.4 is 10.1 Å². The van der Waals surface area contributed by atoms with Gasteiger partial charge in [-0.2, -0.15) is 5.10 Å². The Morgan fingerprint density at radius 2 is 1.74 bits per heavy atom. The lowest BCUT2D eigenvalue weighted by Crippen LogP contribution is -2.50. The first-order chi connectivity index (χ1) is 20.9. The van der Waals surface area contributed by atoms with Gasteiger partial charge in [-0.25, -0.2) is 0 Å². The van der Waals surface area contributed by atoms with Crippen LogP contribution in [0.3, 0.4) is 0 Å². The predicted molar refractivity (Wildman–Crippen MR) is 165 cm³/mol. The molecule has 6 rings (SSSR count). The molecule has 1 unspecified atom stereocenters. The summed E-state index contributed by atoms with van der Waals surface area (Å²) in [5.74, 6) is 0.823. The minimum absolute atomic E-state index is 0.189. The van der Waals surface area contributed by atoms with Crippen LogP contribution in [0.2, 0.25) is 0 Å². The molecule has 3 fully saturated rings. The van der Waals surface area contributed by atoms with Crippen molar-refractivity contribution in [3.63, 3.8) is 0 Å². The van der Waals surface area contributed by atoms with Crippen LogP contribution in [0.25, 0.3) is 11.1 Å². The summed E-state index contributed by atoms with van der Waals surface area (Å²) in [6.45, 7) is 1.99. The molecule has 3 aliphatic rings. The maximum Gasteiger partial charge on any atom is 0.321 e. The number of rotatable bonds is 9. The maximum atomic E-state index is 14.1. The zero-order valence-corrected chi connectivity index (χ0v) is 25.7. The number of aryl methyl sites for hydroxylation is 1. The second-order valence-corrected chi connectivity index (χ2v) is 12.8. The van der Waals surface area contributed by atoms with E-state index in [0.29, 0.717) is 24.8 Å². The highest BCUT2D eigenvalue weighted by molar-refractivity contribution is 6.03. The summed E-state index contributed by atoms with van der Waals surface area (Å²) in [4.78, 5) is 32.1. The SMILES string of the molecule is COC(=O)C1(C(=O)NC(c2cccc(-c3cnn(C4CC4)c3)c2)C2CCC(c3ccc(OC)c(C)n3)CC2)CCCCC1. The van der Waals surface area contributed by atoms with Gasteiger partial charge in [0.1, 0.15) is 11.2 Å². The topological polar surface area (TPSA) is 95.3 Å². The van der Waals surface area contributed by atoms with Crippen molar-refractivity contribution < 1.29 is 19.1 Å². The molecular formula is C35H44N4O4. The number of carbonyl (C=O) groups excluding carboxylic acids is 2. The van der Waals surface area contributed by atoms with Crippen molar-refractivity contribution >= 4 is 11.9 Å². The molecule has 0 saturated heterocycles. The van der Waals surface area contributed by atoms with E-state index in [1.807, 2.05) is 19.2 Å². The molecule has 0 spiro atoms. The largest absolute Gasteiger partial charge is 0.495 e. The van der Waals surface area contributed by atoms with Gasteiger partial charge in [-0.15, -0.1) is 0 Å². The van der Waals surface area contributed by atoms with Gasteiger partial charge >= 0.3 is 5.97 Å². The van der Waals surface area contributed by atoms with Crippen LogP contribution in [0.5, 0.6) is 5.75 Å². The molecule has 1 aromatic carbocycles. The second kappa shape index (κ2) is 12.5. The number of hydrogen-bond donors (Lipinski definition) is 1. The van der Waals surface area contributed by atoms with Gasteiger partial charge in [0.15, 0.2) is 0 Å². The van der Waals surface area contributed by atoms with E-state index in [-0.39, 0.29) is 17.9 Å². The van der Waals surface area contributed by atoms with Gasteiger partial charge in [-0.1, -0.05) is 37.5 Å². The molecule has 0 radical (unpaired) electrons. The molecule has 228 valence electrons. The number of amides is 1. The zero-order valence-electron chi connectivity index (χ0n) is 25.7. The third-order valence-electron chi connectivity index (χ3n) is 10.0. The van der Waals surface area contributed by atoms with Crippen molar-refractivity contribution in [1.82, 2.24) is 20.1 Å². The van der Waals surface area contributed by atoms with Gasteiger partial charge in [-0.3, -0.25) is 19.3 Å². The number of pyridine rings is 1. The van der Waals surface area contributed by atoms with Crippen LogP contribution in [0.1, 0.15) is 106 Å². The van der Waals surface area contributed by atoms with E-state index in [2.05, 4.69) is 51.6 Å². The Kier molecular flexibility index (Phi) is 8.55. The van der Waals surface area contributed by atoms with Crippen LogP contribution in [-0.2, 0) is 14.3 Å². The number of ether oxygens (including phenoxy) is 2. The summed E-state index contributed by atoms with van der Waals surface area (Å²) in [5, 5.41) is 8.03. The van der Waals surface area contributed by atoms with E-state index in [4.69, 9.17) is 14.5 Å². The number of carbonyl (C=O) groups is 2. The van der Waals surface area contributed by atoms with Crippen molar-refractivity contribution in [2.45, 2.75) is 95.6 Å². The van der Waals surface area contributed by atoms with E-state index in [0.717, 1.165) is 78.8 Å². The van der Waals surface area contributed by atoms with Gasteiger partial charge in [0, 0.05) is 23.4 Å². The number of methoxy groups -OCH3 is 2. The number of hydrogen-bond acceptors (Lipinski definition) is 6. The molecule has 1 amide bonds. The first-order valence-corrected chi connectivity index (χ1v) is 16.0. The summed E-state index contributed by atoms with van der Waals surface area (Å²) < 4.78 is 12.7. The quantitative estimate of drug-likeness (QED) is 0.218. The van der Waals surface area contributed by atoms with Crippen molar-refractivity contribution in [3.8, 4) is 16.9 Å². The number of nitrogens with one attached hydrogen (secondary N) is 1. The summed E-state index contributed by atoms with van der Waals surface area (Å²) in [5.41, 5.74) is 4.16. The van der Waals surface area contributed by atoms with Gasteiger partial charge in [0.05, 0.1) is 38.2 Å². The average molecular weight is 585 g/mol. The Morgan fingerprint density at radius 3 is 2.42 bits per heavy atom. The first kappa shape index (κ1) is 29.4. The summed E-state index contributed by atoms with van der Waals surface area (Å²) >= 11 is 0. The Hall–Kier alpha value is -3.68. The number of nitrogens with zero attached hydrogens (tertiary/aromatic N) is 3. The van der Waals surface area contributed by atoms with Crippen molar-refractivity contribution in [3.05, 3.63) is 65.7 Å². The molecule has 1 N–H and O–H groups in total. The van der Waals surface area contributed by atoms with Crippen LogP contribution in [-0.4, -0.2) is 40.9 Å². The molecule has 3 aromatic rings. The normalized spacial score (nSPS) is 22.4. The molecule has 2 heterocycles. The lowest BCUT2D eigenvalue weighted by atomic mass is 9.72. The fraction of sp³-hybridized carbons (Fsp3) is 0.543. The van der Waals surface area contributed by atoms with Crippen molar-refractivity contribution in [2.75, 3.05) is 14.2 Å². The summed E-state index contributed by atoms with van der Waals surface area (Å²) in [6, 6.07) is 12.9. The van der Waals surface area contributed by atoms with E-state index >= 15 is 0 Å². The van der Waals surface area contributed by atoms with E-state index in [1.54, 1.807) is 7.11 Å². The van der Waals surface area contributed by atoms with E-state index in [9.17, 15) is 9.59 Å². The van der Waals surface area contributed by atoms with E-state index < -0.39 is 11.4 Å². The number of aromatic nitrogens is 3. The summed E-state index contributed by atoms with van der Waals surface area (Å²) in [6.07, 6.45) is 14.2. The van der Waals surface area contributed by atoms with Crippen LogP contribution in [0, 0.1) is 18.3 Å². The Morgan fingerprint density at radius 1 is 0.977 bits per heavy atom. The molecule has 43 heavy (non-hydrogen) atoms. The van der Waals surface area contributed by atoms with Crippen molar-refractivity contribution in [2.24, 2.45) is 11.3 Å². The van der Waals surface area contributed by atoms with Crippen LogP contribution in [0.4, 0.5) is 0 Å². The third-order valence-corrected chi connectivity index (χ3v) is 10.0. The third kappa shape index (κ3) is 6.06. The van der Waals surface area contributed by atoms with Gasteiger partial charge < -0.3 is 14.8 Å². The number of benzene rings is 1. The van der Waals surface area contributed by atoms with Gasteiger partial charge in [-0.05, 0) is 93.5 Å². The van der Waals surface area contributed by atoms with E-state index in [1.165, 1.54) is 20.0 Å². The van der Waals surface area contributed by atoms with Gasteiger partial charge in [0.25, 0.3) is 0 Å².